The van der Waals surface area contributed by atoms with Gasteiger partial charge in [0.05, 0.1) is 16.5 Å². The van der Waals surface area contributed by atoms with E-state index in [1.807, 2.05) is 6.92 Å². The third kappa shape index (κ3) is 4.45. The van der Waals surface area contributed by atoms with Crippen molar-refractivity contribution in [3.8, 4) is 0 Å². The molecular formula is C22H20N2O7. The number of nitrogens with zero attached hydrogens (tertiary/aromatic N) is 2. The summed E-state index contributed by atoms with van der Waals surface area (Å²) in [5, 5.41) is 30.8. The molecule has 1 saturated heterocycles. The van der Waals surface area contributed by atoms with E-state index in [0.717, 1.165) is 5.56 Å². The first kappa shape index (κ1) is 21.7. The Balaban J connectivity index is 2.10. The van der Waals surface area contributed by atoms with E-state index in [0.29, 0.717) is 11.1 Å². The lowest BCUT2D eigenvalue weighted by Crippen LogP contribution is -2.31. The SMILES string of the molecule is Cc1ccc(/C(O)=C2\C(=O)C(=O)N(CCCC(=O)O)C2c2ccc([N+](=O)[O-])cc2)cc1. The second-order valence-corrected chi connectivity index (χ2v) is 7.20. The number of Topliss-reactive ketones (excluding diaryl/α,β-unsaturated/α-hetero) is 1. The molecule has 1 amide bonds. The molecule has 1 unspecified atom stereocenters. The van der Waals surface area contributed by atoms with Crippen LogP contribution in [0, 0.1) is 17.0 Å². The highest BCUT2D eigenvalue weighted by Gasteiger charge is 2.45. The van der Waals surface area contributed by atoms with Gasteiger partial charge in [0, 0.05) is 30.7 Å². The first-order valence-electron chi connectivity index (χ1n) is 9.52. The number of carboxylic acids is 1. The maximum absolute atomic E-state index is 12.8. The number of aliphatic hydroxyl groups is 1. The average molecular weight is 424 g/mol. The van der Waals surface area contributed by atoms with Crippen molar-refractivity contribution in [2.24, 2.45) is 0 Å². The number of nitro benzene ring substituents is 1. The molecular weight excluding hydrogens is 404 g/mol. The summed E-state index contributed by atoms with van der Waals surface area (Å²) < 4.78 is 0. The van der Waals surface area contributed by atoms with Crippen LogP contribution >= 0.6 is 0 Å². The van der Waals surface area contributed by atoms with E-state index in [1.165, 1.54) is 29.2 Å². The Morgan fingerprint density at radius 3 is 2.23 bits per heavy atom. The largest absolute Gasteiger partial charge is 0.507 e. The van der Waals surface area contributed by atoms with Gasteiger partial charge in [-0.1, -0.05) is 29.8 Å². The van der Waals surface area contributed by atoms with Gasteiger partial charge in [-0.25, -0.2) is 0 Å². The maximum Gasteiger partial charge on any atom is 0.303 e. The fourth-order valence-corrected chi connectivity index (χ4v) is 3.50. The lowest BCUT2D eigenvalue weighted by atomic mass is 9.95. The van der Waals surface area contributed by atoms with Crippen molar-refractivity contribution in [2.75, 3.05) is 6.54 Å². The van der Waals surface area contributed by atoms with Crippen LogP contribution in [0.1, 0.15) is 35.6 Å². The zero-order chi connectivity index (χ0) is 22.7. The Kier molecular flexibility index (Phi) is 6.15. The Labute approximate surface area is 177 Å². The smallest absolute Gasteiger partial charge is 0.303 e. The number of carbonyl (C=O) groups excluding carboxylic acids is 2. The molecule has 0 saturated carbocycles. The number of hydrogen-bond donors (Lipinski definition) is 2. The summed E-state index contributed by atoms with van der Waals surface area (Å²) in [6.45, 7) is 1.84. The predicted octanol–water partition coefficient (Wildman–Crippen LogP) is 3.19. The van der Waals surface area contributed by atoms with Crippen LogP contribution < -0.4 is 0 Å². The molecule has 2 aromatic carbocycles. The molecule has 31 heavy (non-hydrogen) atoms. The van der Waals surface area contributed by atoms with Gasteiger partial charge in [0.1, 0.15) is 5.76 Å². The molecule has 2 N–H and O–H groups in total. The van der Waals surface area contributed by atoms with Gasteiger partial charge >= 0.3 is 5.97 Å². The minimum atomic E-state index is -1.04. The van der Waals surface area contributed by atoms with Crippen LogP contribution in [0.2, 0.25) is 0 Å². The van der Waals surface area contributed by atoms with E-state index in [1.54, 1.807) is 24.3 Å². The molecule has 0 aromatic heterocycles. The van der Waals surface area contributed by atoms with Crippen LogP contribution in [0.15, 0.2) is 54.1 Å². The van der Waals surface area contributed by atoms with Gasteiger partial charge in [-0.15, -0.1) is 0 Å². The molecule has 0 radical (unpaired) electrons. The summed E-state index contributed by atoms with van der Waals surface area (Å²) in [5.41, 5.74) is 1.38. The van der Waals surface area contributed by atoms with Crippen LogP contribution in [-0.2, 0) is 14.4 Å². The number of aliphatic hydroxyl groups excluding tert-OH is 1. The molecule has 9 heteroatoms. The summed E-state index contributed by atoms with van der Waals surface area (Å²) in [6.07, 6.45) is -0.0929. The topological polar surface area (TPSA) is 138 Å². The molecule has 1 atom stereocenters. The lowest BCUT2D eigenvalue weighted by molar-refractivity contribution is -0.384. The zero-order valence-electron chi connectivity index (χ0n) is 16.6. The van der Waals surface area contributed by atoms with E-state index >= 15 is 0 Å². The fraction of sp³-hybridized carbons (Fsp3) is 0.227. The third-order valence-electron chi connectivity index (χ3n) is 5.07. The number of benzene rings is 2. The first-order chi connectivity index (χ1) is 14.7. The minimum absolute atomic E-state index is 0.0246. The van der Waals surface area contributed by atoms with E-state index in [9.17, 15) is 29.6 Å². The highest BCUT2D eigenvalue weighted by Crippen LogP contribution is 2.40. The molecule has 2 aromatic rings. The van der Waals surface area contributed by atoms with Crippen LogP contribution in [0.25, 0.3) is 5.76 Å². The normalized spacial score (nSPS) is 17.7. The number of aliphatic carboxylic acids is 1. The van der Waals surface area contributed by atoms with Gasteiger partial charge in [0.2, 0.25) is 0 Å². The monoisotopic (exact) mass is 424 g/mol. The van der Waals surface area contributed by atoms with Gasteiger partial charge < -0.3 is 15.1 Å². The standard InChI is InChI=1S/C22H20N2O7/c1-13-4-6-15(7-5-13)20(27)18-19(14-8-10-16(11-9-14)24(30)31)23(22(29)21(18)28)12-2-3-17(25)26/h4-11,19,27H,2-3,12H2,1H3,(H,25,26)/b20-18+. The lowest BCUT2D eigenvalue weighted by Gasteiger charge is -2.25. The van der Waals surface area contributed by atoms with Crippen molar-refractivity contribution in [1.82, 2.24) is 4.90 Å². The Bertz CT molecular complexity index is 1070. The number of ketones is 1. The van der Waals surface area contributed by atoms with E-state index in [-0.39, 0.29) is 36.4 Å². The van der Waals surface area contributed by atoms with Crippen molar-refractivity contribution in [1.29, 1.82) is 0 Å². The molecule has 0 spiro atoms. The summed E-state index contributed by atoms with van der Waals surface area (Å²) in [7, 11) is 0. The Hall–Kier alpha value is -4.01. The Morgan fingerprint density at radius 2 is 1.68 bits per heavy atom. The van der Waals surface area contributed by atoms with Gasteiger partial charge in [0.25, 0.3) is 17.4 Å². The number of hydrogen-bond acceptors (Lipinski definition) is 6. The number of amides is 1. The Morgan fingerprint density at radius 1 is 1.06 bits per heavy atom. The predicted molar refractivity (Wildman–Crippen MR) is 110 cm³/mol. The van der Waals surface area contributed by atoms with E-state index < -0.39 is 28.6 Å². The molecule has 9 nitrogen and oxygen atoms in total. The van der Waals surface area contributed by atoms with Gasteiger partial charge in [-0.05, 0) is 31.0 Å². The number of nitro groups is 1. The highest BCUT2D eigenvalue weighted by atomic mass is 16.6. The van der Waals surface area contributed by atoms with Crippen LogP contribution in [0.5, 0.6) is 0 Å². The van der Waals surface area contributed by atoms with E-state index in [4.69, 9.17) is 5.11 Å². The molecule has 0 aliphatic carbocycles. The number of carboxylic acid groups (broad SMARTS) is 1. The van der Waals surface area contributed by atoms with Gasteiger partial charge in [-0.2, -0.15) is 0 Å². The quantitative estimate of drug-likeness (QED) is 0.229. The zero-order valence-corrected chi connectivity index (χ0v) is 16.6. The number of aryl methyl sites for hydroxylation is 1. The molecule has 0 bridgehead atoms. The second kappa shape index (κ2) is 8.78. The molecule has 1 aliphatic heterocycles. The van der Waals surface area contributed by atoms with Crippen LogP contribution in [-0.4, -0.2) is 44.2 Å². The maximum atomic E-state index is 12.8. The summed E-state index contributed by atoms with van der Waals surface area (Å²) in [6, 6.07) is 11.1. The van der Waals surface area contributed by atoms with Crippen LogP contribution in [0.3, 0.4) is 0 Å². The van der Waals surface area contributed by atoms with E-state index in [2.05, 4.69) is 0 Å². The van der Waals surface area contributed by atoms with Crippen molar-refractivity contribution >= 4 is 29.1 Å². The summed E-state index contributed by atoms with van der Waals surface area (Å²) in [4.78, 5) is 48.0. The molecule has 3 rings (SSSR count). The van der Waals surface area contributed by atoms with Gasteiger partial charge in [-0.3, -0.25) is 24.5 Å². The molecule has 160 valence electrons. The van der Waals surface area contributed by atoms with Crippen molar-refractivity contribution in [3.63, 3.8) is 0 Å². The van der Waals surface area contributed by atoms with Crippen molar-refractivity contribution in [3.05, 3.63) is 80.9 Å². The summed E-state index contributed by atoms with van der Waals surface area (Å²) in [5.74, 6) is -3.15. The van der Waals surface area contributed by atoms with Crippen molar-refractivity contribution < 1.29 is 29.5 Å². The second-order valence-electron chi connectivity index (χ2n) is 7.20. The fourth-order valence-electron chi connectivity index (χ4n) is 3.50. The molecule has 1 aliphatic rings. The highest BCUT2D eigenvalue weighted by molar-refractivity contribution is 6.46. The van der Waals surface area contributed by atoms with Crippen molar-refractivity contribution in [2.45, 2.75) is 25.8 Å². The third-order valence-corrected chi connectivity index (χ3v) is 5.07. The molecule has 1 fully saturated rings. The number of rotatable bonds is 7. The first-order valence-corrected chi connectivity index (χ1v) is 9.52. The average Bonchev–Trinajstić information content (AvgIpc) is 2.98. The number of likely N-dealkylation sites (tertiary alicyclic amines) is 1. The van der Waals surface area contributed by atoms with Crippen LogP contribution in [0.4, 0.5) is 5.69 Å². The van der Waals surface area contributed by atoms with Gasteiger partial charge in [0.15, 0.2) is 0 Å². The summed E-state index contributed by atoms with van der Waals surface area (Å²) >= 11 is 0. The number of carbonyl (C=O) groups is 3. The molecule has 1 heterocycles. The minimum Gasteiger partial charge on any atom is -0.507 e. The number of non-ortho nitro benzene ring substituents is 1.